The predicted molar refractivity (Wildman–Crippen MR) is 5.98 cm³/mol. The summed E-state index contributed by atoms with van der Waals surface area (Å²) in [6.07, 6.45) is 0. The molecule has 0 aliphatic rings. The minimum absolute atomic E-state index is 0. The van der Waals surface area contributed by atoms with Crippen LogP contribution >= 0.6 is 0 Å². The maximum atomic E-state index is 0. The Labute approximate surface area is 82.6 Å². The molecule has 8 valence electrons. The van der Waals surface area contributed by atoms with E-state index < -0.39 is 0 Å². The molecule has 0 aromatic rings. The van der Waals surface area contributed by atoms with E-state index >= 15 is 0 Å². The summed E-state index contributed by atoms with van der Waals surface area (Å²) in [6.45, 7) is 0. The zero-order chi connectivity index (χ0) is 0. The summed E-state index contributed by atoms with van der Waals surface area (Å²) < 4.78 is 0. The Bertz CT molecular complexity index is 6.00. The minimum atomic E-state index is 0. The van der Waals surface area contributed by atoms with E-state index in [0.717, 1.165) is 0 Å². The zero-order valence-electron chi connectivity index (χ0n) is 4.00. The molecule has 0 rings (SSSR count). The van der Waals surface area contributed by atoms with Crippen molar-refractivity contribution in [2.45, 2.75) is 0 Å². The van der Waals surface area contributed by atoms with Crippen LogP contribution in [0, 0.1) is 0 Å². The summed E-state index contributed by atoms with van der Waals surface area (Å²) in [4.78, 5) is 0. The van der Waals surface area contributed by atoms with Crippen LogP contribution in [0.15, 0.2) is 0 Å². The van der Waals surface area contributed by atoms with Crippen molar-refractivity contribution < 1.29 is 78.0 Å². The Balaban J connectivity index is 0. The molecule has 0 aliphatic heterocycles. The van der Waals surface area contributed by atoms with Crippen LogP contribution < -0.4 is 84.1 Å². The molecule has 0 unspecified atom stereocenters. The van der Waals surface area contributed by atoms with Crippen LogP contribution in [0.5, 0.6) is 0 Å². The fourth-order valence-electron chi connectivity index (χ4n) is 0. The zero-order valence-corrected chi connectivity index (χ0v) is 8.00. The van der Waals surface area contributed by atoms with Crippen molar-refractivity contribution in [1.82, 2.24) is 6.15 Å². The number of hydrogen-bond acceptors (Lipinski definition) is 0. The second-order valence-corrected chi connectivity index (χ2v) is 0. The van der Waals surface area contributed by atoms with Crippen molar-refractivity contribution >= 4 is 0 Å². The average molecular weight is 71.0 g/mol. The van der Waals surface area contributed by atoms with Gasteiger partial charge >= 0.3 is 78.0 Å². The van der Waals surface area contributed by atoms with E-state index in [1.165, 1.54) is 0 Å². The number of rotatable bonds is 0. The molecule has 0 saturated carbocycles. The Morgan fingerprint density at radius 1 is 0.750 bits per heavy atom. The van der Waals surface area contributed by atoms with E-state index in [2.05, 4.69) is 0 Å². The first-order valence-corrected chi connectivity index (χ1v) is 0. The molecule has 0 heterocycles. The summed E-state index contributed by atoms with van der Waals surface area (Å²) in [5.41, 5.74) is 0. The second-order valence-electron chi connectivity index (χ2n) is 0. The average Bonchev–Trinajstić information content (AvgIpc) is 0. The summed E-state index contributed by atoms with van der Waals surface area (Å²) in [6, 6.07) is 0. The quantitative estimate of drug-likeness (QED) is 0.275. The molecule has 0 spiro atoms. The van der Waals surface area contributed by atoms with Crippen LogP contribution in [0.4, 0.5) is 0 Å². The van der Waals surface area contributed by atoms with Gasteiger partial charge in [-0.3, -0.25) is 0 Å². The molecule has 4 N–H and O–H groups in total. The van der Waals surface area contributed by atoms with Crippen LogP contribution in [0.25, 0.3) is 0 Å². The van der Waals surface area contributed by atoms with Gasteiger partial charge in [-0.1, -0.05) is 0 Å². The van der Waals surface area contributed by atoms with E-state index in [-0.39, 0.29) is 84.1 Å². The van der Waals surface area contributed by atoms with E-state index in [0.29, 0.717) is 0 Å². The maximum Gasteiger partial charge on any atom is 1.00 e. The first-order valence-electron chi connectivity index (χ1n) is 0. The predicted octanol–water partition coefficient (Wildman–Crippen LogP) is -8.61. The summed E-state index contributed by atoms with van der Waals surface area (Å²) in [5.74, 6) is 0. The van der Waals surface area contributed by atoms with Crippen molar-refractivity contribution in [1.29, 1.82) is 0 Å². The van der Waals surface area contributed by atoms with Gasteiger partial charge in [0, 0.05) is 0 Å². The van der Waals surface area contributed by atoms with Gasteiger partial charge in [0.2, 0.25) is 0 Å². The van der Waals surface area contributed by atoms with Crippen molar-refractivity contribution in [2.24, 2.45) is 0 Å². The van der Waals surface area contributed by atoms with Crippen molar-refractivity contribution in [2.75, 3.05) is 0 Å². The van der Waals surface area contributed by atoms with Crippen molar-refractivity contribution in [3.63, 3.8) is 0 Å². The summed E-state index contributed by atoms with van der Waals surface area (Å²) in [5, 5.41) is 0. The van der Waals surface area contributed by atoms with Gasteiger partial charge in [-0.25, -0.2) is 0 Å². The molecular weight excluding hydrogens is 66.9 g/mol. The van der Waals surface area contributed by atoms with Gasteiger partial charge in [-0.2, -0.15) is 0 Å². The van der Waals surface area contributed by atoms with Crippen molar-refractivity contribution in [3.8, 4) is 0 Å². The standard InChI is InChI=1S/Li.H3N.2Na/h;1H3;;/q+1;;2*+1/p+1. The van der Waals surface area contributed by atoms with Gasteiger partial charge in [0.25, 0.3) is 0 Å². The molecule has 0 aliphatic carbocycles. The third-order valence-electron chi connectivity index (χ3n) is 0. The Morgan fingerprint density at radius 2 is 0.750 bits per heavy atom. The molecule has 0 fully saturated rings. The molecule has 0 radical (unpaired) electrons. The third kappa shape index (κ3) is 8.82. The monoisotopic (exact) mass is 71.0 g/mol. The minimum Gasteiger partial charge on any atom is -0.369 e. The van der Waals surface area contributed by atoms with Gasteiger partial charge in [-0.05, 0) is 0 Å². The van der Waals surface area contributed by atoms with Gasteiger partial charge in [0.15, 0.2) is 0 Å². The van der Waals surface area contributed by atoms with Gasteiger partial charge in [0.1, 0.15) is 0 Å². The SMILES string of the molecule is [Li+].[NH4+].[Na+].[Na+]. The van der Waals surface area contributed by atoms with E-state index in [1.54, 1.807) is 0 Å². The summed E-state index contributed by atoms with van der Waals surface area (Å²) in [7, 11) is 0. The number of hydrogen-bond donors (Lipinski definition) is 1. The van der Waals surface area contributed by atoms with Gasteiger partial charge in [0.05, 0.1) is 0 Å². The molecule has 0 amide bonds. The smallest absolute Gasteiger partial charge is 0.369 e. The van der Waals surface area contributed by atoms with Crippen LogP contribution in [-0.2, 0) is 0 Å². The second kappa shape index (κ2) is 17.6. The molecule has 0 atom stereocenters. The first-order chi connectivity index (χ1) is 0. The van der Waals surface area contributed by atoms with Crippen LogP contribution in [0.2, 0.25) is 0 Å². The largest absolute Gasteiger partial charge is 1.00 e. The molecule has 0 bridgehead atoms. The van der Waals surface area contributed by atoms with Crippen molar-refractivity contribution in [3.05, 3.63) is 0 Å². The molecule has 1 nitrogen and oxygen atoms in total. The topological polar surface area (TPSA) is 36.5 Å². The fourth-order valence-corrected chi connectivity index (χ4v) is 0. The van der Waals surface area contributed by atoms with Crippen LogP contribution in [0.1, 0.15) is 0 Å². The van der Waals surface area contributed by atoms with Gasteiger partial charge in [-0.15, -0.1) is 0 Å². The van der Waals surface area contributed by atoms with E-state index in [9.17, 15) is 0 Å². The molecule has 0 aromatic heterocycles. The molecule has 0 aromatic carbocycles. The van der Waals surface area contributed by atoms with Crippen LogP contribution in [0.3, 0.4) is 0 Å². The fraction of sp³-hybridized carbons (Fsp3) is 0. The molecule has 4 heavy (non-hydrogen) atoms. The third-order valence-corrected chi connectivity index (χ3v) is 0. The normalized spacial score (nSPS) is 0. The Kier molecular flexibility index (Phi) is 137. The van der Waals surface area contributed by atoms with Crippen LogP contribution in [-0.4, -0.2) is 0 Å². The van der Waals surface area contributed by atoms with E-state index in [4.69, 9.17) is 0 Å². The Hall–Kier alpha value is 2.56. The molecular formula is H4LiNNa2+4. The molecule has 0 saturated heterocycles. The van der Waals surface area contributed by atoms with E-state index in [1.807, 2.05) is 0 Å². The summed E-state index contributed by atoms with van der Waals surface area (Å²) >= 11 is 0. The molecule has 4 heteroatoms. The first kappa shape index (κ1) is 31.0. The number of quaternary nitrogens is 1. The Morgan fingerprint density at radius 3 is 0.750 bits per heavy atom. The maximum absolute atomic E-state index is 0. The van der Waals surface area contributed by atoms with Gasteiger partial charge < -0.3 is 6.15 Å².